The van der Waals surface area contributed by atoms with Crippen LogP contribution in [0.25, 0.3) is 0 Å². The van der Waals surface area contributed by atoms with Gasteiger partial charge in [-0.05, 0) is 37.8 Å². The highest BCUT2D eigenvalue weighted by molar-refractivity contribution is 7.12. The fourth-order valence-corrected chi connectivity index (χ4v) is 3.38. The number of carbonyl (C=O) groups excluding carboxylic acids is 1. The number of methoxy groups -OCH3 is 1. The third-order valence-electron chi connectivity index (χ3n) is 3.90. The summed E-state index contributed by atoms with van der Waals surface area (Å²) >= 11 is 1.28. The standard InChI is InChI=1S/C16H20F7NO2S/c1-26-13(25)6-2-4-10-7-8-12(27-10)11(24)5-3-9-14(17,18)15(19,20)16(21,22)23/h7-8,11H,2-6,9,24H2,1H3. The van der Waals surface area contributed by atoms with Crippen molar-refractivity contribution in [3.63, 3.8) is 0 Å². The van der Waals surface area contributed by atoms with Crippen molar-refractivity contribution in [1.82, 2.24) is 0 Å². The monoisotopic (exact) mass is 423 g/mol. The molecule has 2 N–H and O–H groups in total. The van der Waals surface area contributed by atoms with E-state index >= 15 is 0 Å². The van der Waals surface area contributed by atoms with Crippen LogP contribution < -0.4 is 5.73 Å². The summed E-state index contributed by atoms with van der Waals surface area (Å²) in [4.78, 5) is 12.5. The summed E-state index contributed by atoms with van der Waals surface area (Å²) in [6.45, 7) is 0. The summed E-state index contributed by atoms with van der Waals surface area (Å²) in [5.41, 5.74) is 5.81. The van der Waals surface area contributed by atoms with Crippen LogP contribution in [-0.2, 0) is 16.0 Å². The average Bonchev–Trinajstić information content (AvgIpc) is 3.02. The van der Waals surface area contributed by atoms with Gasteiger partial charge in [-0.15, -0.1) is 11.3 Å². The van der Waals surface area contributed by atoms with Crippen LogP contribution in [0.1, 0.15) is 47.9 Å². The molecule has 0 amide bonds. The van der Waals surface area contributed by atoms with Crippen molar-refractivity contribution < 1.29 is 40.3 Å². The molecular weight excluding hydrogens is 403 g/mol. The molecule has 0 aromatic carbocycles. The fraction of sp³-hybridized carbons (Fsp3) is 0.688. The number of halogens is 7. The van der Waals surface area contributed by atoms with Gasteiger partial charge in [-0.3, -0.25) is 4.79 Å². The second-order valence-electron chi connectivity index (χ2n) is 6.01. The van der Waals surface area contributed by atoms with E-state index < -0.39 is 36.9 Å². The van der Waals surface area contributed by atoms with Crippen molar-refractivity contribution in [3.05, 3.63) is 21.9 Å². The number of carbonyl (C=O) groups is 1. The van der Waals surface area contributed by atoms with Crippen LogP contribution >= 0.6 is 11.3 Å². The Labute approximate surface area is 155 Å². The number of alkyl halides is 7. The molecule has 1 heterocycles. The molecule has 1 aromatic heterocycles. The minimum atomic E-state index is -6.31. The van der Waals surface area contributed by atoms with E-state index in [0.717, 1.165) is 4.88 Å². The molecule has 0 aliphatic rings. The number of ether oxygens (including phenoxy) is 1. The molecule has 3 nitrogen and oxygen atoms in total. The zero-order chi connectivity index (χ0) is 20.9. The fourth-order valence-electron chi connectivity index (χ4n) is 2.29. The Hall–Kier alpha value is -1.36. The van der Waals surface area contributed by atoms with E-state index in [1.807, 2.05) is 0 Å². The first kappa shape index (κ1) is 23.7. The minimum absolute atomic E-state index is 0.161. The van der Waals surface area contributed by atoms with Crippen LogP contribution in [0.5, 0.6) is 0 Å². The Morgan fingerprint density at radius 2 is 1.78 bits per heavy atom. The second-order valence-corrected chi connectivity index (χ2v) is 7.21. The average molecular weight is 423 g/mol. The van der Waals surface area contributed by atoms with Gasteiger partial charge in [-0.25, -0.2) is 0 Å². The van der Waals surface area contributed by atoms with E-state index in [0.29, 0.717) is 17.7 Å². The van der Waals surface area contributed by atoms with Crippen molar-refractivity contribution >= 4 is 17.3 Å². The molecule has 0 fully saturated rings. The van der Waals surface area contributed by atoms with Crippen LogP contribution in [0.3, 0.4) is 0 Å². The van der Waals surface area contributed by atoms with E-state index in [2.05, 4.69) is 4.74 Å². The Morgan fingerprint density at radius 3 is 2.33 bits per heavy atom. The highest BCUT2D eigenvalue weighted by atomic mass is 32.1. The van der Waals surface area contributed by atoms with Crippen LogP contribution in [0.4, 0.5) is 30.7 Å². The lowest BCUT2D eigenvalue weighted by atomic mass is 10.0. The lowest BCUT2D eigenvalue weighted by molar-refractivity contribution is -0.355. The number of hydrogen-bond donors (Lipinski definition) is 1. The lowest BCUT2D eigenvalue weighted by Crippen LogP contribution is -2.51. The number of nitrogens with two attached hydrogens (primary N) is 1. The van der Waals surface area contributed by atoms with Crippen LogP contribution in [0, 0.1) is 0 Å². The highest BCUT2D eigenvalue weighted by Gasteiger charge is 2.72. The molecule has 0 saturated heterocycles. The quantitative estimate of drug-likeness (QED) is 0.413. The highest BCUT2D eigenvalue weighted by Crippen LogP contribution is 2.48. The maximum Gasteiger partial charge on any atom is 0.459 e. The largest absolute Gasteiger partial charge is 0.469 e. The summed E-state index contributed by atoms with van der Waals surface area (Å²) in [6, 6.07) is 2.63. The van der Waals surface area contributed by atoms with Crippen molar-refractivity contribution in [2.24, 2.45) is 5.73 Å². The first-order valence-electron chi connectivity index (χ1n) is 8.05. The van der Waals surface area contributed by atoms with Gasteiger partial charge in [-0.1, -0.05) is 0 Å². The molecule has 0 radical (unpaired) electrons. The minimum Gasteiger partial charge on any atom is -0.469 e. The molecule has 0 bridgehead atoms. The topological polar surface area (TPSA) is 52.3 Å². The molecule has 1 rings (SSSR count). The lowest BCUT2D eigenvalue weighted by Gasteiger charge is -2.28. The molecule has 0 spiro atoms. The van der Waals surface area contributed by atoms with Crippen molar-refractivity contribution in [3.8, 4) is 0 Å². The molecule has 0 aliphatic carbocycles. The van der Waals surface area contributed by atoms with Gasteiger partial charge in [0, 0.05) is 28.6 Å². The van der Waals surface area contributed by atoms with E-state index in [1.165, 1.54) is 18.4 Å². The molecule has 11 heteroatoms. The van der Waals surface area contributed by atoms with Crippen molar-refractivity contribution in [2.45, 2.75) is 62.6 Å². The molecule has 0 saturated carbocycles. The maximum absolute atomic E-state index is 13.2. The first-order chi connectivity index (χ1) is 12.3. The zero-order valence-corrected chi connectivity index (χ0v) is 15.2. The number of aryl methyl sites for hydroxylation is 1. The van der Waals surface area contributed by atoms with Gasteiger partial charge in [0.15, 0.2) is 0 Å². The Kier molecular flexibility index (Phi) is 8.09. The summed E-state index contributed by atoms with van der Waals surface area (Å²) in [5.74, 6) is -11.6. The molecule has 27 heavy (non-hydrogen) atoms. The van der Waals surface area contributed by atoms with E-state index in [9.17, 15) is 35.5 Å². The Balaban J connectivity index is 2.51. The predicted octanol–water partition coefficient (Wildman–Crippen LogP) is 5.25. The van der Waals surface area contributed by atoms with Gasteiger partial charge in [0.05, 0.1) is 7.11 Å². The van der Waals surface area contributed by atoms with E-state index in [4.69, 9.17) is 5.73 Å². The van der Waals surface area contributed by atoms with Crippen LogP contribution in [0.15, 0.2) is 12.1 Å². The second kappa shape index (κ2) is 9.22. The molecule has 1 unspecified atom stereocenters. The molecule has 1 atom stereocenters. The van der Waals surface area contributed by atoms with E-state index in [1.54, 1.807) is 12.1 Å². The van der Waals surface area contributed by atoms with Gasteiger partial charge in [0.2, 0.25) is 0 Å². The van der Waals surface area contributed by atoms with Crippen molar-refractivity contribution in [2.75, 3.05) is 7.11 Å². The number of esters is 1. The molecule has 156 valence electrons. The predicted molar refractivity (Wildman–Crippen MR) is 86.0 cm³/mol. The van der Waals surface area contributed by atoms with Crippen LogP contribution in [-0.4, -0.2) is 31.1 Å². The van der Waals surface area contributed by atoms with Gasteiger partial charge >= 0.3 is 24.0 Å². The summed E-state index contributed by atoms with van der Waals surface area (Å²) in [6.07, 6.45) is -7.33. The molecule has 1 aromatic rings. The SMILES string of the molecule is COC(=O)CCCc1ccc(C(N)CCCC(F)(F)C(F)(F)C(F)(F)F)s1. The summed E-state index contributed by atoms with van der Waals surface area (Å²) in [5, 5.41) is 0. The Morgan fingerprint density at radius 1 is 1.15 bits per heavy atom. The Bertz CT molecular complexity index is 616. The van der Waals surface area contributed by atoms with Gasteiger partial charge < -0.3 is 10.5 Å². The first-order valence-corrected chi connectivity index (χ1v) is 8.87. The van der Waals surface area contributed by atoms with Gasteiger partial charge in [0.1, 0.15) is 0 Å². The maximum atomic E-state index is 13.2. The number of hydrogen-bond acceptors (Lipinski definition) is 4. The smallest absolute Gasteiger partial charge is 0.459 e. The summed E-state index contributed by atoms with van der Waals surface area (Å²) < 4.78 is 92.9. The number of rotatable bonds is 10. The van der Waals surface area contributed by atoms with E-state index in [-0.39, 0.29) is 18.8 Å². The zero-order valence-electron chi connectivity index (χ0n) is 14.4. The third kappa shape index (κ3) is 6.34. The van der Waals surface area contributed by atoms with Crippen LogP contribution in [0.2, 0.25) is 0 Å². The molecule has 0 aliphatic heterocycles. The van der Waals surface area contributed by atoms with Crippen molar-refractivity contribution in [1.29, 1.82) is 0 Å². The third-order valence-corrected chi connectivity index (χ3v) is 5.18. The number of thiophene rings is 1. The normalized spacial score (nSPS) is 14.3. The van der Waals surface area contributed by atoms with Gasteiger partial charge in [-0.2, -0.15) is 30.7 Å². The van der Waals surface area contributed by atoms with Gasteiger partial charge in [0.25, 0.3) is 0 Å². The summed E-state index contributed by atoms with van der Waals surface area (Å²) in [7, 11) is 1.28. The molecular formula is C16H20F7NO2S.